The molecule has 40 heavy (non-hydrogen) atoms. The van der Waals surface area contributed by atoms with Crippen LogP contribution in [0.5, 0.6) is 0 Å². The topological polar surface area (TPSA) is 63.2 Å². The Labute approximate surface area is 248 Å². The van der Waals surface area contributed by atoms with Crippen LogP contribution < -0.4 is 0 Å². The summed E-state index contributed by atoms with van der Waals surface area (Å²) in [6.45, 7) is 23.9. The molecule has 0 radical (unpaired) electrons. The molecule has 0 unspecified atom stereocenters. The number of carbonyl (C=O) groups is 1. The van der Waals surface area contributed by atoms with E-state index in [0.29, 0.717) is 23.0 Å². The molecule has 0 aromatic carbocycles. The Hall–Kier alpha value is -0.0962. The van der Waals surface area contributed by atoms with E-state index in [1.54, 1.807) is 0 Å². The third-order valence-electron chi connectivity index (χ3n) is 11.0. The molecular formula is C32H62O6Si2. The van der Waals surface area contributed by atoms with Gasteiger partial charge in [-0.2, -0.15) is 0 Å². The van der Waals surface area contributed by atoms with Crippen LogP contribution in [0, 0.1) is 0 Å². The van der Waals surface area contributed by atoms with Crippen molar-refractivity contribution in [3.05, 3.63) is 0 Å². The van der Waals surface area contributed by atoms with Gasteiger partial charge in [0.05, 0.1) is 12.2 Å². The molecule has 0 bridgehead atoms. The molecule has 3 aliphatic rings. The van der Waals surface area contributed by atoms with Crippen LogP contribution in [0.25, 0.3) is 0 Å². The van der Waals surface area contributed by atoms with E-state index in [-0.39, 0.29) is 12.2 Å². The molecule has 234 valence electrons. The zero-order valence-electron chi connectivity index (χ0n) is 27.6. The lowest BCUT2D eigenvalue weighted by Crippen LogP contribution is -2.65. The highest BCUT2D eigenvalue weighted by molar-refractivity contribution is 6.77. The zero-order valence-corrected chi connectivity index (χ0v) is 29.6. The highest BCUT2D eigenvalue weighted by atomic mass is 28.4. The molecule has 0 amide bonds. The van der Waals surface area contributed by atoms with Crippen LogP contribution in [0.15, 0.2) is 0 Å². The Kier molecular flexibility index (Phi) is 11.8. The summed E-state index contributed by atoms with van der Waals surface area (Å²) in [7, 11) is -3.83. The van der Waals surface area contributed by atoms with Gasteiger partial charge >= 0.3 is 0 Å². The maximum Gasteiger partial charge on any atom is 0.200 e. The second-order valence-corrected chi connectivity index (χ2v) is 24.3. The summed E-state index contributed by atoms with van der Waals surface area (Å²) < 4.78 is 34.9. The molecule has 0 N–H and O–H groups in total. The van der Waals surface area contributed by atoms with Crippen molar-refractivity contribution in [2.75, 3.05) is 6.61 Å². The van der Waals surface area contributed by atoms with Crippen molar-refractivity contribution in [3.63, 3.8) is 0 Å². The van der Waals surface area contributed by atoms with Crippen molar-refractivity contribution in [2.24, 2.45) is 0 Å². The normalized spacial score (nSPS) is 33.6. The Balaban J connectivity index is 1.77. The smallest absolute Gasteiger partial charge is 0.200 e. The lowest BCUT2D eigenvalue weighted by Gasteiger charge is -2.55. The minimum absolute atomic E-state index is 0.124. The first kappa shape index (κ1) is 34.4. The zero-order chi connectivity index (χ0) is 29.8. The summed E-state index contributed by atoms with van der Waals surface area (Å²) in [6, 6.07) is 3.25. The van der Waals surface area contributed by atoms with Crippen LogP contribution in [0.1, 0.15) is 127 Å². The molecule has 0 aliphatic carbocycles. The van der Waals surface area contributed by atoms with Gasteiger partial charge in [-0.25, -0.2) is 0 Å². The third-order valence-corrected chi connectivity index (χ3v) is 21.9. The third kappa shape index (κ3) is 6.68. The first-order valence-corrected chi connectivity index (χ1v) is 21.3. The standard InChI is InChI=1S/C32H62O6Si2/c1-11-39(12-2,13-3)38-30(10)20-16-29(17-23-33)36-32(30)22-21-31(37-32)19-14-15-28(35-31)18-24-34-40(25(4)5,26(6)7)27(8)9/h23,25-29H,11-22,24H2,1-10H3/t28-,29+,30-,31-,32-/m1/s1. The first-order chi connectivity index (χ1) is 18.8. The van der Waals surface area contributed by atoms with Crippen molar-refractivity contribution in [3.8, 4) is 0 Å². The van der Waals surface area contributed by atoms with Crippen LogP contribution in [-0.2, 0) is 27.9 Å². The van der Waals surface area contributed by atoms with Gasteiger partial charge in [-0.1, -0.05) is 62.3 Å². The van der Waals surface area contributed by atoms with Crippen LogP contribution >= 0.6 is 0 Å². The average molecular weight is 599 g/mol. The molecule has 5 atom stereocenters. The quantitative estimate of drug-likeness (QED) is 0.147. The van der Waals surface area contributed by atoms with E-state index in [1.807, 2.05) is 0 Å². The van der Waals surface area contributed by atoms with Gasteiger partial charge < -0.3 is 27.9 Å². The van der Waals surface area contributed by atoms with E-state index < -0.39 is 33.8 Å². The Bertz CT molecular complexity index is 787. The van der Waals surface area contributed by atoms with Gasteiger partial charge in [0.2, 0.25) is 0 Å². The van der Waals surface area contributed by atoms with E-state index in [9.17, 15) is 4.79 Å². The molecule has 3 saturated heterocycles. The van der Waals surface area contributed by atoms with Crippen LogP contribution in [0.2, 0.25) is 34.8 Å². The van der Waals surface area contributed by atoms with Crippen molar-refractivity contribution in [1.29, 1.82) is 0 Å². The highest BCUT2D eigenvalue weighted by Gasteiger charge is 2.65. The number of ether oxygens (including phenoxy) is 3. The van der Waals surface area contributed by atoms with E-state index in [4.69, 9.17) is 23.1 Å². The van der Waals surface area contributed by atoms with Crippen LogP contribution in [0.4, 0.5) is 0 Å². The minimum Gasteiger partial charge on any atom is -0.416 e. The van der Waals surface area contributed by atoms with Gasteiger partial charge in [0.1, 0.15) is 11.9 Å². The predicted molar refractivity (Wildman–Crippen MR) is 168 cm³/mol. The highest BCUT2D eigenvalue weighted by Crippen LogP contribution is 2.56. The van der Waals surface area contributed by atoms with E-state index >= 15 is 0 Å². The number of hydrogen-bond acceptors (Lipinski definition) is 6. The summed E-state index contributed by atoms with van der Waals surface area (Å²) in [5.41, 5.74) is 1.19. The van der Waals surface area contributed by atoms with Crippen LogP contribution in [0.3, 0.4) is 0 Å². The van der Waals surface area contributed by atoms with Crippen molar-refractivity contribution in [1.82, 2.24) is 0 Å². The monoisotopic (exact) mass is 598 g/mol. The predicted octanol–water partition coefficient (Wildman–Crippen LogP) is 8.89. The molecule has 8 heteroatoms. The van der Waals surface area contributed by atoms with E-state index in [2.05, 4.69) is 69.2 Å². The van der Waals surface area contributed by atoms with E-state index in [1.165, 1.54) is 0 Å². The molecule has 3 fully saturated rings. The lowest BCUT2D eigenvalue weighted by molar-refractivity contribution is -0.398. The summed E-state index contributed by atoms with van der Waals surface area (Å²) in [6.07, 6.45) is 8.50. The molecule has 6 nitrogen and oxygen atoms in total. The van der Waals surface area contributed by atoms with Crippen molar-refractivity contribution >= 4 is 22.9 Å². The van der Waals surface area contributed by atoms with Crippen LogP contribution in [-0.4, -0.2) is 58.9 Å². The molecule has 0 saturated carbocycles. The maximum absolute atomic E-state index is 11.5. The fourth-order valence-electron chi connectivity index (χ4n) is 8.49. The minimum atomic E-state index is -1.93. The van der Waals surface area contributed by atoms with Gasteiger partial charge in [0, 0.05) is 32.3 Å². The van der Waals surface area contributed by atoms with Gasteiger partial charge in [-0.3, -0.25) is 0 Å². The van der Waals surface area contributed by atoms with Gasteiger partial charge in [0.15, 0.2) is 28.2 Å². The molecule has 0 aromatic heterocycles. The van der Waals surface area contributed by atoms with E-state index in [0.717, 1.165) is 82.4 Å². The molecule has 3 aliphatic heterocycles. The summed E-state index contributed by atoms with van der Waals surface area (Å²) in [4.78, 5) is 11.5. The summed E-state index contributed by atoms with van der Waals surface area (Å²) in [5.74, 6) is -1.52. The van der Waals surface area contributed by atoms with Gasteiger partial charge in [-0.15, -0.1) is 0 Å². The SMILES string of the molecule is CC[Si](CC)(CC)O[C@]1(C)CC[C@@H](CC=O)O[C@@]12CC[C@@]1(CCC[C@H](CCO[Si](C(C)C)(C(C)C)C(C)C)O1)O2. The van der Waals surface area contributed by atoms with Crippen molar-refractivity contribution < 1.29 is 27.9 Å². The number of rotatable bonds is 14. The fraction of sp³-hybridized carbons (Fsp3) is 0.969. The average Bonchev–Trinajstić information content (AvgIpc) is 3.25. The number of carbonyl (C=O) groups excluding carboxylic acids is 1. The molecule has 3 heterocycles. The molecule has 0 aromatic rings. The number of aldehydes is 1. The Morgan fingerprint density at radius 1 is 0.850 bits per heavy atom. The Morgan fingerprint density at radius 2 is 1.48 bits per heavy atom. The second-order valence-electron chi connectivity index (χ2n) is 14.1. The molecular weight excluding hydrogens is 537 g/mol. The second kappa shape index (κ2) is 13.7. The molecule has 2 spiro atoms. The summed E-state index contributed by atoms with van der Waals surface area (Å²) in [5, 5.41) is 0. The Morgan fingerprint density at radius 3 is 2.02 bits per heavy atom. The summed E-state index contributed by atoms with van der Waals surface area (Å²) >= 11 is 0. The number of hydrogen-bond donors (Lipinski definition) is 0. The fourth-order valence-corrected chi connectivity index (χ4v) is 17.1. The largest absolute Gasteiger partial charge is 0.416 e. The lowest BCUT2D eigenvalue weighted by atomic mass is 9.83. The molecule has 3 rings (SSSR count). The maximum atomic E-state index is 11.5. The van der Waals surface area contributed by atoms with Gasteiger partial charge in [0.25, 0.3) is 0 Å². The van der Waals surface area contributed by atoms with Gasteiger partial charge in [-0.05, 0) is 73.8 Å². The first-order valence-electron chi connectivity index (χ1n) is 16.6. The van der Waals surface area contributed by atoms with Crippen molar-refractivity contribution in [2.45, 2.75) is 191 Å².